The molecule has 0 saturated carbocycles. The summed E-state index contributed by atoms with van der Waals surface area (Å²) in [5.41, 5.74) is 0. The Morgan fingerprint density at radius 1 is 0.618 bits per heavy atom. The van der Waals surface area contributed by atoms with Crippen LogP contribution in [0, 0.1) is 0 Å². The van der Waals surface area contributed by atoms with Crippen molar-refractivity contribution < 1.29 is 49.7 Å². The van der Waals surface area contributed by atoms with Crippen LogP contribution in [-0.2, 0) is 14.3 Å². The van der Waals surface area contributed by atoms with Crippen LogP contribution < -0.4 is 16.0 Å². The first-order valence-electron chi connectivity index (χ1n) is 22.2. The van der Waals surface area contributed by atoms with Gasteiger partial charge in [-0.15, -0.1) is 0 Å². The number of amides is 3. The number of carbonyl (C=O) groups excluding carboxylic acids is 2. The molecule has 0 radical (unpaired) electrons. The van der Waals surface area contributed by atoms with E-state index in [4.69, 9.17) is 9.47 Å². The molecule has 1 aliphatic heterocycles. The number of unbranched alkanes of at least 4 members (excludes halogenated alkanes) is 21. The van der Waals surface area contributed by atoms with Gasteiger partial charge in [0.1, 0.15) is 30.5 Å². The van der Waals surface area contributed by atoms with E-state index in [1.165, 1.54) is 51.4 Å². The Labute approximate surface area is 333 Å². The molecule has 326 valence electrons. The normalized spacial score (nSPS) is 21.6. The first kappa shape index (κ1) is 51.4. The van der Waals surface area contributed by atoms with E-state index in [2.05, 4.69) is 29.8 Å². The van der Waals surface area contributed by atoms with Gasteiger partial charge in [-0.05, 0) is 25.7 Å². The Morgan fingerprint density at radius 2 is 1.07 bits per heavy atom. The number of nitrogens with one attached hydrogen (secondary N) is 3. The second-order valence-electron chi connectivity index (χ2n) is 15.8. The molecule has 3 amide bonds. The maximum Gasteiger partial charge on any atom is 0.314 e. The van der Waals surface area contributed by atoms with Crippen molar-refractivity contribution in [1.29, 1.82) is 0 Å². The zero-order chi connectivity index (χ0) is 40.5. The molecule has 0 aliphatic carbocycles. The van der Waals surface area contributed by atoms with Gasteiger partial charge in [-0.2, -0.15) is 0 Å². The highest BCUT2D eigenvalue weighted by Gasteiger charge is 2.44. The van der Waals surface area contributed by atoms with Crippen LogP contribution in [0.2, 0.25) is 0 Å². The first-order valence-corrected chi connectivity index (χ1v) is 22.2. The van der Waals surface area contributed by atoms with E-state index in [0.29, 0.717) is 19.4 Å². The quantitative estimate of drug-likeness (QED) is 0.0365. The molecular formula is C42H83N3O10. The fourth-order valence-corrected chi connectivity index (χ4v) is 7.03. The number of aliphatic hydroxyl groups excluding tert-OH is 6. The van der Waals surface area contributed by atoms with E-state index < -0.39 is 55.6 Å². The monoisotopic (exact) mass is 790 g/mol. The minimum atomic E-state index is -1.62. The van der Waals surface area contributed by atoms with Crippen molar-refractivity contribution in [3.05, 3.63) is 0 Å². The van der Waals surface area contributed by atoms with Gasteiger partial charge in [-0.3, -0.25) is 4.79 Å². The molecule has 0 bridgehead atoms. The summed E-state index contributed by atoms with van der Waals surface area (Å²) in [7, 11) is 0. The molecule has 0 aromatic carbocycles. The minimum absolute atomic E-state index is 0.0829. The highest BCUT2D eigenvalue weighted by atomic mass is 16.7. The molecular weight excluding hydrogens is 706 g/mol. The largest absolute Gasteiger partial charge is 0.394 e. The molecule has 13 heteroatoms. The lowest BCUT2D eigenvalue weighted by Crippen LogP contribution is -2.60. The summed E-state index contributed by atoms with van der Waals surface area (Å²) in [5.74, 6) is -0.290. The van der Waals surface area contributed by atoms with Crippen molar-refractivity contribution in [2.24, 2.45) is 0 Å². The van der Waals surface area contributed by atoms with E-state index in [1.807, 2.05) is 0 Å². The molecule has 1 rings (SSSR count). The number of carbonyl (C=O) groups is 2. The zero-order valence-corrected chi connectivity index (χ0v) is 34.6. The molecule has 0 aromatic rings. The van der Waals surface area contributed by atoms with Gasteiger partial charge in [0, 0.05) is 19.5 Å². The predicted octanol–water partition coefficient (Wildman–Crippen LogP) is 5.49. The summed E-state index contributed by atoms with van der Waals surface area (Å²) in [6.45, 7) is 4.85. The Bertz CT molecular complexity index is 917. The summed E-state index contributed by atoms with van der Waals surface area (Å²) < 4.78 is 11.1. The molecule has 8 atom stereocenters. The summed E-state index contributed by atoms with van der Waals surface area (Å²) in [5, 5.41) is 70.8. The standard InChI is InChI=1S/C42H83N3O10/c1-3-5-7-8-9-10-11-12-14-17-20-23-27-34(47)37(49)33(32-54-41-40(52)39(51)38(50)35(31-46)55-41)45-36(48)28-24-21-18-15-13-16-19-22-26-30-44-42(53)43-29-25-6-4-2/h33-35,37-41,46-47,49-52H,3-32H2,1-2H3,(H,45,48)(H2,43,44,53)/t33-,34+,35?,37-,38-,39-,40?,41-/m0/s1. The van der Waals surface area contributed by atoms with Crippen LogP contribution in [0.3, 0.4) is 0 Å². The summed E-state index contributed by atoms with van der Waals surface area (Å²) in [6.07, 6.45) is 17.4. The zero-order valence-electron chi connectivity index (χ0n) is 34.6. The van der Waals surface area contributed by atoms with Gasteiger partial charge in [0.2, 0.25) is 5.91 Å². The topological polar surface area (TPSA) is 210 Å². The van der Waals surface area contributed by atoms with Crippen LogP contribution in [0.1, 0.15) is 181 Å². The van der Waals surface area contributed by atoms with Crippen LogP contribution in [0.15, 0.2) is 0 Å². The minimum Gasteiger partial charge on any atom is -0.394 e. The third kappa shape index (κ3) is 25.4. The number of urea groups is 1. The number of hydrogen-bond donors (Lipinski definition) is 9. The number of rotatable bonds is 36. The fraction of sp³-hybridized carbons (Fsp3) is 0.952. The van der Waals surface area contributed by atoms with Crippen LogP contribution >= 0.6 is 0 Å². The lowest BCUT2D eigenvalue weighted by molar-refractivity contribution is -0.303. The molecule has 55 heavy (non-hydrogen) atoms. The van der Waals surface area contributed by atoms with E-state index in [1.54, 1.807) is 0 Å². The van der Waals surface area contributed by atoms with Crippen molar-refractivity contribution in [2.45, 2.75) is 230 Å². The third-order valence-electron chi connectivity index (χ3n) is 10.7. The Balaban J connectivity index is 2.39. The number of aliphatic hydroxyl groups is 6. The molecule has 0 spiro atoms. The SMILES string of the molecule is CCCCCCCCCCCCCC[C@@H](O)[C@@H](O)[C@H](CO[C@H]1OC(CO)[C@H](O)[C@H](O)C1O)NC(=O)CCCCCCCCCCCNC(=O)NCCCCC. The van der Waals surface area contributed by atoms with Crippen LogP contribution in [0.25, 0.3) is 0 Å². The molecule has 1 aliphatic rings. The molecule has 0 aromatic heterocycles. The lowest BCUT2D eigenvalue weighted by atomic mass is 9.98. The van der Waals surface area contributed by atoms with Gasteiger partial charge in [-0.25, -0.2) is 4.79 Å². The molecule has 1 saturated heterocycles. The second kappa shape index (κ2) is 34.5. The van der Waals surface area contributed by atoms with Crippen molar-refractivity contribution >= 4 is 11.9 Å². The first-order chi connectivity index (χ1) is 26.7. The maximum absolute atomic E-state index is 13.0. The smallest absolute Gasteiger partial charge is 0.314 e. The van der Waals surface area contributed by atoms with E-state index in [-0.39, 0.29) is 25.0 Å². The van der Waals surface area contributed by atoms with Gasteiger partial charge >= 0.3 is 6.03 Å². The van der Waals surface area contributed by atoms with Gasteiger partial charge in [0.25, 0.3) is 0 Å². The third-order valence-corrected chi connectivity index (χ3v) is 10.7. The summed E-state index contributed by atoms with van der Waals surface area (Å²) in [6, 6.07) is -1.09. The Kier molecular flexibility index (Phi) is 32.2. The average Bonchev–Trinajstić information content (AvgIpc) is 3.18. The van der Waals surface area contributed by atoms with Crippen molar-refractivity contribution in [3.8, 4) is 0 Å². The molecule has 2 unspecified atom stereocenters. The van der Waals surface area contributed by atoms with Gasteiger partial charge < -0.3 is 56.1 Å². The highest BCUT2D eigenvalue weighted by Crippen LogP contribution is 2.23. The molecule has 1 fully saturated rings. The van der Waals surface area contributed by atoms with Gasteiger partial charge in [-0.1, -0.05) is 149 Å². The van der Waals surface area contributed by atoms with Gasteiger partial charge in [0.05, 0.1) is 25.4 Å². The maximum atomic E-state index is 13.0. The summed E-state index contributed by atoms with van der Waals surface area (Å²) in [4.78, 5) is 24.7. The molecule has 1 heterocycles. The number of ether oxygens (including phenoxy) is 2. The Hall–Kier alpha value is -1.58. The highest BCUT2D eigenvalue weighted by molar-refractivity contribution is 5.76. The van der Waals surface area contributed by atoms with Crippen molar-refractivity contribution in [2.75, 3.05) is 26.3 Å². The van der Waals surface area contributed by atoms with E-state index in [9.17, 15) is 40.2 Å². The lowest BCUT2D eigenvalue weighted by Gasteiger charge is -2.40. The average molecular weight is 790 g/mol. The van der Waals surface area contributed by atoms with Crippen LogP contribution in [-0.4, -0.2) is 118 Å². The predicted molar refractivity (Wildman–Crippen MR) is 216 cm³/mol. The van der Waals surface area contributed by atoms with Crippen LogP contribution in [0.5, 0.6) is 0 Å². The van der Waals surface area contributed by atoms with Crippen molar-refractivity contribution in [3.63, 3.8) is 0 Å². The summed E-state index contributed by atoms with van der Waals surface area (Å²) >= 11 is 0. The second-order valence-corrected chi connectivity index (χ2v) is 15.8. The molecule has 9 N–H and O–H groups in total. The number of hydrogen-bond acceptors (Lipinski definition) is 10. The van der Waals surface area contributed by atoms with E-state index >= 15 is 0 Å². The van der Waals surface area contributed by atoms with Gasteiger partial charge in [0.15, 0.2) is 6.29 Å². The van der Waals surface area contributed by atoms with Crippen LogP contribution in [0.4, 0.5) is 4.79 Å². The van der Waals surface area contributed by atoms with Crippen molar-refractivity contribution in [1.82, 2.24) is 16.0 Å². The van der Waals surface area contributed by atoms with E-state index in [0.717, 1.165) is 103 Å². The molecule has 13 nitrogen and oxygen atoms in total. The fourth-order valence-electron chi connectivity index (χ4n) is 7.03. The Morgan fingerprint density at radius 3 is 1.60 bits per heavy atom.